The predicted molar refractivity (Wildman–Crippen MR) is 92.0 cm³/mol. The highest BCUT2D eigenvalue weighted by Crippen LogP contribution is 2.25. The maximum atomic E-state index is 13.9. The van der Waals surface area contributed by atoms with E-state index in [0.717, 1.165) is 12.1 Å². The van der Waals surface area contributed by atoms with Crippen LogP contribution in [0, 0.1) is 23.3 Å². The third-order valence-corrected chi connectivity index (χ3v) is 4.02. The number of rotatable bonds is 5. The zero-order valence-corrected chi connectivity index (χ0v) is 13.9. The number of aromatic nitrogens is 1. The highest BCUT2D eigenvalue weighted by atomic mass is 19.2. The molecule has 0 aliphatic rings. The summed E-state index contributed by atoms with van der Waals surface area (Å²) in [6.45, 7) is 0. The van der Waals surface area contributed by atoms with Crippen LogP contribution >= 0.6 is 0 Å². The van der Waals surface area contributed by atoms with Crippen LogP contribution in [-0.2, 0) is 11.2 Å². The summed E-state index contributed by atoms with van der Waals surface area (Å²) in [5.74, 6) is -6.48. The molecule has 1 heterocycles. The van der Waals surface area contributed by atoms with E-state index in [0.29, 0.717) is 11.3 Å². The van der Waals surface area contributed by atoms with Crippen LogP contribution in [0.4, 0.5) is 23.2 Å². The van der Waals surface area contributed by atoms with Crippen molar-refractivity contribution < 1.29 is 22.4 Å². The molecule has 0 fully saturated rings. The number of nitrogens with zero attached hydrogens (tertiary/aromatic N) is 1. The molecule has 27 heavy (non-hydrogen) atoms. The highest BCUT2D eigenvalue weighted by Gasteiger charge is 2.24. The van der Waals surface area contributed by atoms with Gasteiger partial charge in [-0.2, -0.15) is 0 Å². The Labute approximate surface area is 152 Å². The van der Waals surface area contributed by atoms with Crippen LogP contribution in [0.25, 0.3) is 0 Å². The number of halogens is 4. The number of pyridine rings is 1. The summed E-state index contributed by atoms with van der Waals surface area (Å²) in [6, 6.07) is 12.1. The fraction of sp³-hybridized carbons (Fsp3) is 0.100. The monoisotopic (exact) mass is 374 g/mol. The number of anilines is 1. The minimum atomic E-state index is -1.67. The normalized spacial score (nSPS) is 11.9. The molecule has 3 rings (SSSR count). The Hall–Kier alpha value is -3.22. The Kier molecular flexibility index (Phi) is 5.49. The van der Waals surface area contributed by atoms with Crippen molar-refractivity contribution >= 4 is 11.6 Å². The molecule has 2 aromatic carbocycles. The summed E-state index contributed by atoms with van der Waals surface area (Å²) < 4.78 is 53.6. The van der Waals surface area contributed by atoms with Gasteiger partial charge >= 0.3 is 0 Å². The predicted octanol–water partition coefficient (Wildman–Crippen LogP) is 4.60. The van der Waals surface area contributed by atoms with E-state index in [1.807, 2.05) is 0 Å². The molecule has 0 saturated heterocycles. The molecule has 7 heteroatoms. The molecule has 3 nitrogen and oxygen atoms in total. The minimum absolute atomic E-state index is 0.156. The minimum Gasteiger partial charge on any atom is -0.323 e. The molecule has 0 spiro atoms. The topological polar surface area (TPSA) is 42.0 Å². The number of benzene rings is 2. The van der Waals surface area contributed by atoms with Gasteiger partial charge in [0.1, 0.15) is 5.82 Å². The standard InChI is InChI=1S/C20H14F4N2O/c21-13-6-4-12(5-7-13)15(11-14-3-1-2-10-25-14)20(27)26-17-9-8-16(22)18(23)19(17)24/h1-10,15H,11H2,(H,26,27). The number of amides is 1. The van der Waals surface area contributed by atoms with Gasteiger partial charge in [0.25, 0.3) is 0 Å². The molecule has 1 amide bonds. The van der Waals surface area contributed by atoms with Crippen molar-refractivity contribution in [1.29, 1.82) is 0 Å². The lowest BCUT2D eigenvalue weighted by atomic mass is 9.93. The molecule has 138 valence electrons. The average Bonchev–Trinajstić information content (AvgIpc) is 2.68. The highest BCUT2D eigenvalue weighted by molar-refractivity contribution is 5.96. The molecule has 3 aromatic rings. The average molecular weight is 374 g/mol. The second kappa shape index (κ2) is 7.99. The zero-order valence-electron chi connectivity index (χ0n) is 13.9. The van der Waals surface area contributed by atoms with Crippen molar-refractivity contribution in [3.63, 3.8) is 0 Å². The maximum absolute atomic E-state index is 13.9. The van der Waals surface area contributed by atoms with Crippen LogP contribution in [0.3, 0.4) is 0 Å². The van der Waals surface area contributed by atoms with Gasteiger partial charge in [-0.05, 0) is 42.0 Å². The van der Waals surface area contributed by atoms with Gasteiger partial charge in [0, 0.05) is 18.3 Å². The van der Waals surface area contributed by atoms with Crippen molar-refractivity contribution in [2.45, 2.75) is 12.3 Å². The van der Waals surface area contributed by atoms with E-state index in [1.54, 1.807) is 24.4 Å². The Balaban J connectivity index is 1.91. The van der Waals surface area contributed by atoms with Crippen molar-refractivity contribution in [3.05, 3.63) is 95.3 Å². The van der Waals surface area contributed by atoms with Crippen LogP contribution in [0.1, 0.15) is 17.2 Å². The van der Waals surface area contributed by atoms with E-state index in [1.165, 1.54) is 24.3 Å². The van der Waals surface area contributed by atoms with Crippen LogP contribution in [0.15, 0.2) is 60.8 Å². The third kappa shape index (κ3) is 4.31. The van der Waals surface area contributed by atoms with E-state index in [4.69, 9.17) is 0 Å². The first-order valence-corrected chi connectivity index (χ1v) is 8.05. The molecule has 1 atom stereocenters. The lowest BCUT2D eigenvalue weighted by molar-refractivity contribution is -0.117. The third-order valence-electron chi connectivity index (χ3n) is 4.02. The van der Waals surface area contributed by atoms with E-state index in [-0.39, 0.29) is 6.42 Å². The van der Waals surface area contributed by atoms with Gasteiger partial charge in [0.05, 0.1) is 11.6 Å². The van der Waals surface area contributed by atoms with Crippen molar-refractivity contribution in [1.82, 2.24) is 4.98 Å². The van der Waals surface area contributed by atoms with E-state index in [9.17, 15) is 22.4 Å². The lowest BCUT2D eigenvalue weighted by Crippen LogP contribution is -2.24. The first kappa shape index (κ1) is 18.6. The molecule has 0 aliphatic heterocycles. The van der Waals surface area contributed by atoms with Gasteiger partial charge < -0.3 is 5.32 Å². The van der Waals surface area contributed by atoms with Gasteiger partial charge in [-0.3, -0.25) is 9.78 Å². The molecule has 1 aromatic heterocycles. The van der Waals surface area contributed by atoms with Gasteiger partial charge in [-0.15, -0.1) is 0 Å². The molecule has 0 saturated carbocycles. The quantitative estimate of drug-likeness (QED) is 0.524. The second-order valence-electron chi connectivity index (χ2n) is 5.84. The largest absolute Gasteiger partial charge is 0.323 e. The summed E-state index contributed by atoms with van der Waals surface area (Å²) in [7, 11) is 0. The van der Waals surface area contributed by atoms with Gasteiger partial charge in [-0.25, -0.2) is 17.6 Å². The van der Waals surface area contributed by atoms with Gasteiger partial charge in [0.2, 0.25) is 5.91 Å². The Bertz CT molecular complexity index is 946. The summed E-state index contributed by atoms with van der Waals surface area (Å²) in [6.07, 6.45) is 1.72. The molecule has 1 N–H and O–H groups in total. The Morgan fingerprint density at radius 1 is 0.926 bits per heavy atom. The molecule has 0 aliphatic carbocycles. The van der Waals surface area contributed by atoms with Crippen molar-refractivity contribution in [2.75, 3.05) is 5.32 Å². The van der Waals surface area contributed by atoms with Crippen LogP contribution in [-0.4, -0.2) is 10.9 Å². The van der Waals surface area contributed by atoms with Gasteiger partial charge in [0.15, 0.2) is 17.5 Å². The molecular formula is C20H14F4N2O. The van der Waals surface area contributed by atoms with Crippen molar-refractivity contribution in [3.8, 4) is 0 Å². The van der Waals surface area contributed by atoms with E-state index >= 15 is 0 Å². The van der Waals surface area contributed by atoms with Crippen molar-refractivity contribution in [2.24, 2.45) is 0 Å². The summed E-state index contributed by atoms with van der Waals surface area (Å²) in [4.78, 5) is 16.9. The van der Waals surface area contributed by atoms with E-state index < -0.39 is 40.8 Å². The number of carbonyl (C=O) groups is 1. The first-order valence-electron chi connectivity index (χ1n) is 8.05. The van der Waals surface area contributed by atoms with Gasteiger partial charge in [-0.1, -0.05) is 18.2 Å². The SMILES string of the molecule is O=C(Nc1ccc(F)c(F)c1F)C(Cc1ccccn1)c1ccc(F)cc1. The maximum Gasteiger partial charge on any atom is 0.232 e. The number of hydrogen-bond donors (Lipinski definition) is 1. The summed E-state index contributed by atoms with van der Waals surface area (Å²) in [5, 5.41) is 2.27. The zero-order chi connectivity index (χ0) is 19.4. The lowest BCUT2D eigenvalue weighted by Gasteiger charge is -2.17. The molecule has 0 radical (unpaired) electrons. The van der Waals surface area contributed by atoms with E-state index in [2.05, 4.69) is 10.3 Å². The van der Waals surface area contributed by atoms with Crippen LogP contribution in [0.5, 0.6) is 0 Å². The fourth-order valence-electron chi connectivity index (χ4n) is 2.63. The number of nitrogens with one attached hydrogen (secondary N) is 1. The van der Waals surface area contributed by atoms with Crippen LogP contribution in [0.2, 0.25) is 0 Å². The molecular weight excluding hydrogens is 360 g/mol. The summed E-state index contributed by atoms with van der Waals surface area (Å²) >= 11 is 0. The smallest absolute Gasteiger partial charge is 0.232 e. The fourth-order valence-corrected chi connectivity index (χ4v) is 2.63. The van der Waals surface area contributed by atoms with Crippen LogP contribution < -0.4 is 5.32 Å². The molecule has 1 unspecified atom stereocenters. The Morgan fingerprint density at radius 2 is 1.67 bits per heavy atom. The molecule has 0 bridgehead atoms. The second-order valence-corrected chi connectivity index (χ2v) is 5.84. The Morgan fingerprint density at radius 3 is 2.33 bits per heavy atom. The number of carbonyl (C=O) groups excluding carboxylic acids is 1. The summed E-state index contributed by atoms with van der Waals surface area (Å²) in [5.41, 5.74) is 0.585. The number of hydrogen-bond acceptors (Lipinski definition) is 2. The first-order chi connectivity index (χ1) is 13.0.